The van der Waals surface area contributed by atoms with Crippen molar-refractivity contribution in [2.75, 3.05) is 5.73 Å². The zero-order valence-electron chi connectivity index (χ0n) is 8.70. The molecule has 1 aromatic heterocycles. The van der Waals surface area contributed by atoms with Gasteiger partial charge < -0.3 is 10.8 Å². The van der Waals surface area contributed by atoms with E-state index in [-0.39, 0.29) is 5.75 Å². The van der Waals surface area contributed by atoms with Crippen molar-refractivity contribution in [3.05, 3.63) is 29.3 Å². The number of aromatic hydroxyl groups is 1. The largest absolute Gasteiger partial charge is 0.508 e. The van der Waals surface area contributed by atoms with Crippen LogP contribution in [0.2, 0.25) is 0 Å². The summed E-state index contributed by atoms with van der Waals surface area (Å²) in [4.78, 5) is 0. The number of anilines is 1. The third kappa shape index (κ3) is 1.66. The Kier molecular flexibility index (Phi) is 2.11. The number of rotatable bonds is 1. The Morgan fingerprint density at radius 3 is 2.53 bits per heavy atom. The van der Waals surface area contributed by atoms with Gasteiger partial charge in [-0.3, -0.25) is 5.10 Å². The van der Waals surface area contributed by atoms with E-state index in [4.69, 9.17) is 5.73 Å². The highest BCUT2D eigenvalue weighted by Crippen LogP contribution is 2.28. The molecule has 2 rings (SSSR count). The molecular weight excluding hydrogens is 190 g/mol. The number of aromatic amines is 1. The Morgan fingerprint density at radius 1 is 1.27 bits per heavy atom. The molecule has 4 nitrogen and oxygen atoms in total. The number of phenolic OH excluding ortho intramolecular Hbond substituents is 1. The number of nitrogens with one attached hydrogen (secondary N) is 1. The van der Waals surface area contributed by atoms with Crippen LogP contribution in [-0.2, 0) is 0 Å². The van der Waals surface area contributed by atoms with Gasteiger partial charge in [-0.15, -0.1) is 0 Å². The molecule has 0 aliphatic rings. The van der Waals surface area contributed by atoms with Crippen molar-refractivity contribution in [2.24, 2.45) is 0 Å². The molecule has 0 fully saturated rings. The number of H-pyrrole nitrogens is 1. The van der Waals surface area contributed by atoms with E-state index in [0.717, 1.165) is 22.4 Å². The molecule has 0 aliphatic carbocycles. The molecular formula is C11H13N3O. The number of nitrogens with two attached hydrogens (primary N) is 1. The average molecular weight is 203 g/mol. The first-order chi connectivity index (χ1) is 7.08. The summed E-state index contributed by atoms with van der Waals surface area (Å²) in [6.45, 7) is 3.84. The summed E-state index contributed by atoms with van der Waals surface area (Å²) in [5, 5.41) is 16.3. The summed E-state index contributed by atoms with van der Waals surface area (Å²) in [5.41, 5.74) is 9.15. The summed E-state index contributed by atoms with van der Waals surface area (Å²) in [5.74, 6) is 0.737. The van der Waals surface area contributed by atoms with E-state index in [1.54, 1.807) is 12.1 Å². The molecule has 0 radical (unpaired) electrons. The Balaban J connectivity index is 2.55. The highest BCUT2D eigenvalue weighted by Gasteiger charge is 2.06. The highest BCUT2D eigenvalue weighted by atomic mass is 16.3. The van der Waals surface area contributed by atoms with Crippen LogP contribution in [0.5, 0.6) is 5.75 Å². The van der Waals surface area contributed by atoms with E-state index in [1.165, 1.54) is 0 Å². The maximum Gasteiger partial charge on any atom is 0.145 e. The molecule has 0 spiro atoms. The van der Waals surface area contributed by atoms with Crippen LogP contribution >= 0.6 is 0 Å². The Morgan fingerprint density at radius 2 is 2.00 bits per heavy atom. The molecule has 78 valence electrons. The second-order valence-electron chi connectivity index (χ2n) is 3.64. The van der Waals surface area contributed by atoms with Gasteiger partial charge >= 0.3 is 0 Å². The van der Waals surface area contributed by atoms with Crippen molar-refractivity contribution in [1.29, 1.82) is 0 Å². The lowest BCUT2D eigenvalue weighted by atomic mass is 10.0. The normalized spacial score (nSPS) is 10.5. The summed E-state index contributed by atoms with van der Waals surface area (Å²) >= 11 is 0. The predicted molar refractivity (Wildman–Crippen MR) is 59.6 cm³/mol. The average Bonchev–Trinajstić information content (AvgIpc) is 2.60. The standard InChI is InChI=1S/C11H13N3O/c1-6-3-8(4-10(15)7(6)2)9-5-11(12)14-13-9/h3-5,15H,1-2H3,(H3,12,13,14). The van der Waals surface area contributed by atoms with E-state index in [0.29, 0.717) is 5.82 Å². The van der Waals surface area contributed by atoms with Crippen LogP contribution in [0, 0.1) is 13.8 Å². The molecule has 2 aromatic rings. The number of aromatic nitrogens is 2. The van der Waals surface area contributed by atoms with Gasteiger partial charge in [0.2, 0.25) is 0 Å². The lowest BCUT2D eigenvalue weighted by Crippen LogP contribution is -1.85. The van der Waals surface area contributed by atoms with Gasteiger partial charge in [-0.1, -0.05) is 0 Å². The minimum Gasteiger partial charge on any atom is -0.508 e. The maximum absolute atomic E-state index is 9.68. The van der Waals surface area contributed by atoms with Gasteiger partial charge in [0.15, 0.2) is 0 Å². The summed E-state index contributed by atoms with van der Waals surface area (Å²) in [6.07, 6.45) is 0. The first-order valence-corrected chi connectivity index (χ1v) is 4.69. The summed E-state index contributed by atoms with van der Waals surface area (Å²) < 4.78 is 0. The van der Waals surface area contributed by atoms with E-state index in [9.17, 15) is 5.11 Å². The van der Waals surface area contributed by atoms with Crippen molar-refractivity contribution in [1.82, 2.24) is 10.2 Å². The van der Waals surface area contributed by atoms with Crippen molar-refractivity contribution >= 4 is 5.82 Å². The minimum atomic E-state index is 0.290. The fourth-order valence-electron chi connectivity index (χ4n) is 1.48. The van der Waals surface area contributed by atoms with Crippen molar-refractivity contribution in [3.63, 3.8) is 0 Å². The van der Waals surface area contributed by atoms with Gasteiger partial charge in [0.25, 0.3) is 0 Å². The second-order valence-corrected chi connectivity index (χ2v) is 3.64. The van der Waals surface area contributed by atoms with E-state index < -0.39 is 0 Å². The number of nitrogen functional groups attached to an aromatic ring is 1. The topological polar surface area (TPSA) is 74.9 Å². The van der Waals surface area contributed by atoms with Crippen molar-refractivity contribution in [3.8, 4) is 17.0 Å². The number of nitrogens with zero attached hydrogens (tertiary/aromatic N) is 1. The summed E-state index contributed by atoms with van der Waals surface area (Å²) in [6, 6.07) is 5.43. The highest BCUT2D eigenvalue weighted by molar-refractivity contribution is 5.66. The SMILES string of the molecule is Cc1cc(-c2cc(N)n[nH]2)cc(O)c1C. The van der Waals surface area contributed by atoms with E-state index in [1.807, 2.05) is 19.9 Å². The molecule has 0 unspecified atom stereocenters. The van der Waals surface area contributed by atoms with Crippen LogP contribution in [0.3, 0.4) is 0 Å². The Bertz CT molecular complexity index is 479. The zero-order chi connectivity index (χ0) is 11.0. The molecule has 0 amide bonds. The fourth-order valence-corrected chi connectivity index (χ4v) is 1.48. The van der Waals surface area contributed by atoms with Crippen LogP contribution < -0.4 is 5.73 Å². The first kappa shape index (κ1) is 9.58. The smallest absolute Gasteiger partial charge is 0.145 e. The molecule has 0 saturated carbocycles. The molecule has 0 aliphatic heterocycles. The lowest BCUT2D eigenvalue weighted by Gasteiger charge is -2.06. The predicted octanol–water partition coefficient (Wildman–Crippen LogP) is 1.98. The van der Waals surface area contributed by atoms with Gasteiger partial charge in [0.1, 0.15) is 11.6 Å². The maximum atomic E-state index is 9.68. The Labute approximate surface area is 87.7 Å². The van der Waals surface area contributed by atoms with Gasteiger partial charge in [-0.05, 0) is 37.1 Å². The molecule has 4 heteroatoms. The van der Waals surface area contributed by atoms with Crippen LogP contribution in [0.15, 0.2) is 18.2 Å². The molecule has 0 atom stereocenters. The number of phenols is 1. The van der Waals surface area contributed by atoms with Crippen LogP contribution in [0.4, 0.5) is 5.82 Å². The lowest BCUT2D eigenvalue weighted by molar-refractivity contribution is 0.471. The first-order valence-electron chi connectivity index (χ1n) is 4.69. The minimum absolute atomic E-state index is 0.290. The molecule has 0 bridgehead atoms. The number of aryl methyl sites for hydroxylation is 1. The van der Waals surface area contributed by atoms with Gasteiger partial charge in [0, 0.05) is 11.6 Å². The zero-order valence-corrected chi connectivity index (χ0v) is 8.70. The molecule has 1 aromatic carbocycles. The Hall–Kier alpha value is -1.97. The third-order valence-electron chi connectivity index (χ3n) is 2.55. The third-order valence-corrected chi connectivity index (χ3v) is 2.55. The number of benzene rings is 1. The molecule has 1 heterocycles. The monoisotopic (exact) mass is 203 g/mol. The second kappa shape index (κ2) is 3.31. The van der Waals surface area contributed by atoms with E-state index in [2.05, 4.69) is 10.2 Å². The van der Waals surface area contributed by atoms with Gasteiger partial charge in [0.05, 0.1) is 5.69 Å². The fraction of sp³-hybridized carbons (Fsp3) is 0.182. The summed E-state index contributed by atoms with van der Waals surface area (Å²) in [7, 11) is 0. The molecule has 0 saturated heterocycles. The van der Waals surface area contributed by atoms with Crippen molar-refractivity contribution < 1.29 is 5.11 Å². The van der Waals surface area contributed by atoms with Crippen LogP contribution in [0.1, 0.15) is 11.1 Å². The van der Waals surface area contributed by atoms with Crippen molar-refractivity contribution in [2.45, 2.75) is 13.8 Å². The van der Waals surface area contributed by atoms with Crippen LogP contribution in [0.25, 0.3) is 11.3 Å². The molecule has 4 N–H and O–H groups in total. The number of hydrogen-bond donors (Lipinski definition) is 3. The molecule has 15 heavy (non-hydrogen) atoms. The quantitative estimate of drug-likeness (QED) is 0.663. The van der Waals surface area contributed by atoms with Gasteiger partial charge in [-0.25, -0.2) is 0 Å². The number of hydrogen-bond acceptors (Lipinski definition) is 3. The van der Waals surface area contributed by atoms with Crippen LogP contribution in [-0.4, -0.2) is 15.3 Å². The van der Waals surface area contributed by atoms with E-state index >= 15 is 0 Å². The van der Waals surface area contributed by atoms with Gasteiger partial charge in [-0.2, -0.15) is 5.10 Å².